The second-order valence-electron chi connectivity index (χ2n) is 5.23. The van der Waals surface area contributed by atoms with Gasteiger partial charge in [0.2, 0.25) is 0 Å². The Kier molecular flexibility index (Phi) is 5.23. The molecule has 0 saturated carbocycles. The van der Waals surface area contributed by atoms with Crippen molar-refractivity contribution in [1.29, 1.82) is 0 Å². The Morgan fingerprint density at radius 3 is 2.65 bits per heavy atom. The molecule has 0 aliphatic carbocycles. The van der Waals surface area contributed by atoms with Gasteiger partial charge in [0, 0.05) is 38.0 Å². The third kappa shape index (κ3) is 4.23. The van der Waals surface area contributed by atoms with E-state index in [1.54, 1.807) is 37.7 Å². The summed E-state index contributed by atoms with van der Waals surface area (Å²) in [5.41, 5.74) is 1.39. The van der Waals surface area contributed by atoms with Gasteiger partial charge in [0.25, 0.3) is 11.8 Å². The van der Waals surface area contributed by atoms with Crippen LogP contribution in [0.1, 0.15) is 33.3 Å². The Bertz CT molecular complexity index is 753. The minimum Gasteiger partial charge on any atom is -0.345 e. The fourth-order valence-electron chi connectivity index (χ4n) is 1.96. The van der Waals surface area contributed by atoms with E-state index in [2.05, 4.69) is 10.3 Å². The van der Waals surface area contributed by atoms with Crippen LogP contribution in [0, 0.1) is 0 Å². The monoisotopic (exact) mass is 331 g/mol. The standard InChI is InChI=1S/C16H17N3O3S/c1-10(20)8-12-9-11(4-6-17-12)14(21)18-15-13(5-7-23-15)16(22)19(2)3/h4-7,9H,8H2,1-3H3,(H,18,21). The van der Waals surface area contributed by atoms with Crippen molar-refractivity contribution in [3.8, 4) is 0 Å². The third-order valence-electron chi connectivity index (χ3n) is 3.04. The van der Waals surface area contributed by atoms with Crippen LogP contribution in [0.5, 0.6) is 0 Å². The van der Waals surface area contributed by atoms with E-state index in [0.29, 0.717) is 21.8 Å². The number of ketones is 1. The van der Waals surface area contributed by atoms with Gasteiger partial charge in [-0.2, -0.15) is 0 Å². The molecule has 0 unspecified atom stereocenters. The van der Waals surface area contributed by atoms with Gasteiger partial charge < -0.3 is 10.2 Å². The van der Waals surface area contributed by atoms with Gasteiger partial charge in [-0.15, -0.1) is 11.3 Å². The highest BCUT2D eigenvalue weighted by Crippen LogP contribution is 2.25. The van der Waals surface area contributed by atoms with Crippen LogP contribution in [0.4, 0.5) is 5.00 Å². The zero-order valence-electron chi connectivity index (χ0n) is 13.1. The van der Waals surface area contributed by atoms with Crippen molar-refractivity contribution < 1.29 is 14.4 Å². The number of hydrogen-bond acceptors (Lipinski definition) is 5. The predicted octanol–water partition coefficient (Wildman–Crippen LogP) is 2.23. The number of rotatable bonds is 5. The Morgan fingerprint density at radius 2 is 2.00 bits per heavy atom. The van der Waals surface area contributed by atoms with E-state index in [9.17, 15) is 14.4 Å². The summed E-state index contributed by atoms with van der Waals surface area (Å²) in [6.07, 6.45) is 1.68. The summed E-state index contributed by atoms with van der Waals surface area (Å²) in [6.45, 7) is 1.47. The molecule has 0 aromatic carbocycles. The molecule has 0 fully saturated rings. The summed E-state index contributed by atoms with van der Waals surface area (Å²) >= 11 is 1.28. The zero-order chi connectivity index (χ0) is 17.0. The average molecular weight is 331 g/mol. The van der Waals surface area contributed by atoms with Crippen LogP contribution in [-0.4, -0.2) is 41.6 Å². The molecule has 0 atom stereocenters. The molecule has 1 N–H and O–H groups in total. The fourth-order valence-corrected chi connectivity index (χ4v) is 2.74. The molecule has 0 aliphatic rings. The average Bonchev–Trinajstić information content (AvgIpc) is 2.93. The normalized spacial score (nSPS) is 10.2. The summed E-state index contributed by atoms with van der Waals surface area (Å²) in [7, 11) is 3.31. The maximum atomic E-state index is 12.4. The van der Waals surface area contributed by atoms with Gasteiger partial charge in [0.1, 0.15) is 10.8 Å². The highest BCUT2D eigenvalue weighted by molar-refractivity contribution is 7.14. The summed E-state index contributed by atoms with van der Waals surface area (Å²) in [4.78, 5) is 41.1. The maximum Gasteiger partial charge on any atom is 0.256 e. The smallest absolute Gasteiger partial charge is 0.256 e. The van der Waals surface area contributed by atoms with Crippen molar-refractivity contribution in [2.24, 2.45) is 0 Å². The molecule has 0 saturated heterocycles. The second kappa shape index (κ2) is 7.15. The number of amides is 2. The van der Waals surface area contributed by atoms with Crippen molar-refractivity contribution >= 4 is 33.9 Å². The minimum absolute atomic E-state index is 0.0211. The number of aromatic nitrogens is 1. The van der Waals surface area contributed by atoms with Gasteiger partial charge in [-0.25, -0.2) is 0 Å². The summed E-state index contributed by atoms with van der Waals surface area (Å²) in [5.74, 6) is -0.534. The molecule has 2 aromatic rings. The highest BCUT2D eigenvalue weighted by Gasteiger charge is 2.17. The van der Waals surface area contributed by atoms with Crippen molar-refractivity contribution in [2.75, 3.05) is 19.4 Å². The quantitative estimate of drug-likeness (QED) is 0.911. The number of anilines is 1. The van der Waals surface area contributed by atoms with Crippen molar-refractivity contribution in [1.82, 2.24) is 9.88 Å². The van der Waals surface area contributed by atoms with Gasteiger partial charge in [0.05, 0.1) is 5.56 Å². The molecule has 6 nitrogen and oxygen atoms in total. The Balaban J connectivity index is 2.19. The lowest BCUT2D eigenvalue weighted by molar-refractivity contribution is -0.116. The summed E-state index contributed by atoms with van der Waals surface area (Å²) in [6, 6.07) is 4.83. The first kappa shape index (κ1) is 16.8. The zero-order valence-corrected chi connectivity index (χ0v) is 13.9. The molecule has 23 heavy (non-hydrogen) atoms. The molecule has 0 spiro atoms. The van der Waals surface area contributed by atoms with E-state index in [1.165, 1.54) is 29.4 Å². The number of thiophene rings is 1. The van der Waals surface area contributed by atoms with Gasteiger partial charge in [0.15, 0.2) is 0 Å². The van der Waals surface area contributed by atoms with E-state index >= 15 is 0 Å². The van der Waals surface area contributed by atoms with Crippen LogP contribution < -0.4 is 5.32 Å². The number of hydrogen-bond donors (Lipinski definition) is 1. The molecular weight excluding hydrogens is 314 g/mol. The molecule has 7 heteroatoms. The van der Waals surface area contributed by atoms with Crippen LogP contribution >= 0.6 is 11.3 Å². The molecule has 2 rings (SSSR count). The van der Waals surface area contributed by atoms with Crippen LogP contribution in [0.2, 0.25) is 0 Å². The molecule has 2 heterocycles. The van der Waals surface area contributed by atoms with Crippen LogP contribution in [0.25, 0.3) is 0 Å². The summed E-state index contributed by atoms with van der Waals surface area (Å²) < 4.78 is 0. The second-order valence-corrected chi connectivity index (χ2v) is 6.15. The minimum atomic E-state index is -0.340. The third-order valence-corrected chi connectivity index (χ3v) is 3.87. The molecule has 0 aliphatic heterocycles. The maximum absolute atomic E-state index is 12.4. The summed E-state index contributed by atoms with van der Waals surface area (Å²) in [5, 5.41) is 4.99. The van der Waals surface area contributed by atoms with Crippen molar-refractivity contribution in [3.05, 3.63) is 46.6 Å². The lowest BCUT2D eigenvalue weighted by Crippen LogP contribution is -2.23. The topological polar surface area (TPSA) is 79.4 Å². The predicted molar refractivity (Wildman–Crippen MR) is 88.9 cm³/mol. The molecule has 120 valence electrons. The molecule has 0 bridgehead atoms. The number of pyridine rings is 1. The molecule has 2 aromatic heterocycles. The van der Waals surface area contributed by atoms with E-state index < -0.39 is 0 Å². The number of nitrogens with zero attached hydrogens (tertiary/aromatic N) is 2. The van der Waals surface area contributed by atoms with Gasteiger partial charge in [-0.3, -0.25) is 19.4 Å². The lowest BCUT2D eigenvalue weighted by atomic mass is 10.1. The first-order valence-electron chi connectivity index (χ1n) is 6.93. The molecule has 2 amide bonds. The van der Waals surface area contributed by atoms with Crippen molar-refractivity contribution in [3.63, 3.8) is 0 Å². The fraction of sp³-hybridized carbons (Fsp3) is 0.250. The number of nitrogens with one attached hydrogen (secondary N) is 1. The number of carbonyl (C=O) groups is 3. The van der Waals surface area contributed by atoms with Crippen molar-refractivity contribution in [2.45, 2.75) is 13.3 Å². The van der Waals surface area contributed by atoms with E-state index in [1.807, 2.05) is 0 Å². The van der Waals surface area contributed by atoms with Gasteiger partial charge >= 0.3 is 0 Å². The van der Waals surface area contributed by atoms with Crippen LogP contribution in [0.15, 0.2) is 29.8 Å². The highest BCUT2D eigenvalue weighted by atomic mass is 32.1. The Hall–Kier alpha value is -2.54. The van der Waals surface area contributed by atoms with Gasteiger partial charge in [-0.05, 0) is 30.5 Å². The van der Waals surface area contributed by atoms with Crippen LogP contribution in [0.3, 0.4) is 0 Å². The van der Waals surface area contributed by atoms with Gasteiger partial charge in [-0.1, -0.05) is 0 Å². The first-order valence-corrected chi connectivity index (χ1v) is 7.81. The van der Waals surface area contributed by atoms with E-state index in [4.69, 9.17) is 0 Å². The Labute approximate surface area is 138 Å². The number of Topliss-reactive ketones (excluding diaryl/α,β-unsaturated/α-hetero) is 1. The Morgan fingerprint density at radius 1 is 1.26 bits per heavy atom. The van der Waals surface area contributed by atoms with E-state index in [-0.39, 0.29) is 24.0 Å². The van der Waals surface area contributed by atoms with Crippen LogP contribution in [-0.2, 0) is 11.2 Å². The first-order chi connectivity index (χ1) is 10.9. The SMILES string of the molecule is CC(=O)Cc1cc(C(=O)Nc2sccc2C(=O)N(C)C)ccn1. The van der Waals surface area contributed by atoms with E-state index in [0.717, 1.165) is 0 Å². The molecule has 0 radical (unpaired) electrons. The largest absolute Gasteiger partial charge is 0.345 e. The lowest BCUT2D eigenvalue weighted by Gasteiger charge is -2.11. The molecular formula is C16H17N3O3S. The number of carbonyl (C=O) groups excluding carboxylic acids is 3.